The monoisotopic (exact) mass is 322 g/mol. The lowest BCUT2D eigenvalue weighted by Gasteiger charge is -2.28. The summed E-state index contributed by atoms with van der Waals surface area (Å²) in [5, 5.41) is 3.29. The Morgan fingerprint density at radius 2 is 1.73 bits per heavy atom. The van der Waals surface area contributed by atoms with E-state index in [0.717, 1.165) is 12.8 Å². The van der Waals surface area contributed by atoms with E-state index in [1.807, 2.05) is 6.92 Å². The van der Waals surface area contributed by atoms with Crippen LogP contribution in [0.1, 0.15) is 46.0 Å². The van der Waals surface area contributed by atoms with E-state index in [9.17, 15) is 17.6 Å². The van der Waals surface area contributed by atoms with Crippen molar-refractivity contribution in [1.82, 2.24) is 10.2 Å². The molecule has 6 heteroatoms. The molecule has 1 saturated heterocycles. The summed E-state index contributed by atoms with van der Waals surface area (Å²) in [7, 11) is 0. The third kappa shape index (κ3) is 3.28. The van der Waals surface area contributed by atoms with Gasteiger partial charge in [0.25, 0.3) is 5.92 Å². The lowest BCUT2D eigenvalue weighted by atomic mass is 10.1. The predicted molar refractivity (Wildman–Crippen MR) is 77.4 cm³/mol. The third-order valence-corrected chi connectivity index (χ3v) is 5.79. The van der Waals surface area contributed by atoms with Crippen LogP contribution in [0.25, 0.3) is 0 Å². The van der Waals surface area contributed by atoms with Crippen LogP contribution in [0.15, 0.2) is 0 Å². The second-order valence-electron chi connectivity index (χ2n) is 7.63. The Morgan fingerprint density at radius 1 is 1.09 bits per heavy atom. The quantitative estimate of drug-likeness (QED) is 0.753. The number of hydrogen-bond acceptors (Lipinski definition) is 2. The summed E-state index contributed by atoms with van der Waals surface area (Å²) < 4.78 is 52.7. The zero-order valence-corrected chi connectivity index (χ0v) is 13.3. The number of hydrogen-bond donors (Lipinski definition) is 1. The highest BCUT2D eigenvalue weighted by molar-refractivity contribution is 5.12. The van der Waals surface area contributed by atoms with E-state index in [4.69, 9.17) is 0 Å². The SMILES string of the molecule is CC(CCC(C)N1CC2C(C1)C2(F)F)NC1CCC(F)(F)C1. The van der Waals surface area contributed by atoms with Crippen LogP contribution in [-0.2, 0) is 0 Å². The maximum absolute atomic E-state index is 13.2. The van der Waals surface area contributed by atoms with Crippen LogP contribution in [0, 0.1) is 11.8 Å². The van der Waals surface area contributed by atoms with Gasteiger partial charge >= 0.3 is 0 Å². The van der Waals surface area contributed by atoms with E-state index in [0.29, 0.717) is 19.5 Å². The molecule has 0 spiro atoms. The first-order valence-corrected chi connectivity index (χ1v) is 8.45. The summed E-state index contributed by atoms with van der Waals surface area (Å²) >= 11 is 0. The molecule has 1 N–H and O–H groups in total. The van der Waals surface area contributed by atoms with E-state index >= 15 is 0 Å². The van der Waals surface area contributed by atoms with E-state index in [-0.39, 0.29) is 31.0 Å². The van der Waals surface area contributed by atoms with Gasteiger partial charge in [-0.05, 0) is 33.1 Å². The molecule has 3 aliphatic rings. The summed E-state index contributed by atoms with van der Waals surface area (Å²) in [4.78, 5) is 2.16. The van der Waals surface area contributed by atoms with E-state index in [1.165, 1.54) is 0 Å². The molecule has 5 atom stereocenters. The number of rotatable bonds is 6. The fourth-order valence-electron chi connectivity index (χ4n) is 4.15. The molecule has 128 valence electrons. The standard InChI is InChI=1S/C16H26F4N2/c1-10(21-12-5-6-15(17,18)7-12)3-4-11(2)22-8-13-14(9-22)16(13,19)20/h10-14,21H,3-9H2,1-2H3. The first-order valence-electron chi connectivity index (χ1n) is 8.45. The van der Waals surface area contributed by atoms with Crippen molar-refractivity contribution in [1.29, 1.82) is 0 Å². The Hall–Kier alpha value is -0.360. The molecule has 0 aromatic carbocycles. The van der Waals surface area contributed by atoms with Crippen molar-refractivity contribution < 1.29 is 17.6 Å². The van der Waals surface area contributed by atoms with Gasteiger partial charge in [0.2, 0.25) is 5.92 Å². The number of piperidine rings is 1. The van der Waals surface area contributed by atoms with Gasteiger partial charge in [0.05, 0.1) is 0 Å². The molecule has 2 nitrogen and oxygen atoms in total. The summed E-state index contributed by atoms with van der Waals surface area (Å²) in [5.41, 5.74) is 0. The summed E-state index contributed by atoms with van der Waals surface area (Å²) in [6, 6.07) is 0.399. The molecule has 0 radical (unpaired) electrons. The molecule has 1 heterocycles. The zero-order valence-electron chi connectivity index (χ0n) is 13.3. The van der Waals surface area contributed by atoms with Crippen LogP contribution in [0.4, 0.5) is 17.6 Å². The highest BCUT2D eigenvalue weighted by Gasteiger charge is 2.71. The van der Waals surface area contributed by atoms with Gasteiger partial charge in [-0.15, -0.1) is 0 Å². The van der Waals surface area contributed by atoms with Gasteiger partial charge in [-0.3, -0.25) is 4.90 Å². The van der Waals surface area contributed by atoms with Crippen LogP contribution in [0.3, 0.4) is 0 Å². The van der Waals surface area contributed by atoms with Gasteiger partial charge in [0, 0.05) is 55.9 Å². The second kappa shape index (κ2) is 5.62. The topological polar surface area (TPSA) is 15.3 Å². The van der Waals surface area contributed by atoms with E-state index in [1.54, 1.807) is 0 Å². The first kappa shape index (κ1) is 16.5. The zero-order chi connectivity index (χ0) is 16.1. The Morgan fingerprint density at radius 3 is 2.27 bits per heavy atom. The van der Waals surface area contributed by atoms with Gasteiger partial charge in [0.15, 0.2) is 0 Å². The van der Waals surface area contributed by atoms with Crippen LogP contribution < -0.4 is 5.32 Å². The molecular formula is C16H26F4N2. The number of fused-ring (bicyclic) bond motifs is 1. The number of halogens is 4. The molecule has 22 heavy (non-hydrogen) atoms. The number of likely N-dealkylation sites (tertiary alicyclic amines) is 1. The molecule has 2 aliphatic carbocycles. The molecule has 3 rings (SSSR count). The number of nitrogens with one attached hydrogen (secondary N) is 1. The first-order chi connectivity index (χ1) is 10.2. The van der Waals surface area contributed by atoms with Crippen molar-refractivity contribution in [2.45, 2.75) is 75.9 Å². The Balaban J connectivity index is 1.34. The average molecular weight is 322 g/mol. The van der Waals surface area contributed by atoms with E-state index in [2.05, 4.69) is 17.1 Å². The molecule has 0 amide bonds. The molecule has 1 aliphatic heterocycles. The smallest absolute Gasteiger partial charge is 0.257 e. The lowest BCUT2D eigenvalue weighted by Crippen LogP contribution is -2.39. The molecule has 0 aromatic heterocycles. The minimum absolute atomic E-state index is 0.0153. The lowest BCUT2D eigenvalue weighted by molar-refractivity contribution is 0.00654. The van der Waals surface area contributed by atoms with Crippen LogP contribution in [0.2, 0.25) is 0 Å². The summed E-state index contributed by atoms with van der Waals surface area (Å²) in [5.74, 6) is -5.77. The van der Waals surface area contributed by atoms with Crippen molar-refractivity contribution >= 4 is 0 Å². The molecule has 0 bridgehead atoms. The molecular weight excluding hydrogens is 296 g/mol. The average Bonchev–Trinajstić information content (AvgIpc) is 2.81. The normalized spacial score (nSPS) is 38.7. The predicted octanol–water partition coefficient (Wildman–Crippen LogP) is 3.52. The highest BCUT2D eigenvalue weighted by atomic mass is 19.3. The highest BCUT2D eigenvalue weighted by Crippen LogP contribution is 2.59. The minimum Gasteiger partial charge on any atom is -0.311 e. The van der Waals surface area contributed by atoms with Crippen LogP contribution in [0.5, 0.6) is 0 Å². The van der Waals surface area contributed by atoms with Crippen molar-refractivity contribution in [2.24, 2.45) is 11.8 Å². The second-order valence-corrected chi connectivity index (χ2v) is 7.63. The molecule has 3 fully saturated rings. The van der Waals surface area contributed by atoms with Crippen molar-refractivity contribution in [3.8, 4) is 0 Å². The van der Waals surface area contributed by atoms with Crippen LogP contribution >= 0.6 is 0 Å². The fraction of sp³-hybridized carbons (Fsp3) is 1.00. The largest absolute Gasteiger partial charge is 0.311 e. The van der Waals surface area contributed by atoms with Gasteiger partial charge in [-0.1, -0.05) is 0 Å². The van der Waals surface area contributed by atoms with Crippen LogP contribution in [-0.4, -0.2) is 48.0 Å². The molecule has 5 unspecified atom stereocenters. The molecule has 2 saturated carbocycles. The molecule has 0 aromatic rings. The fourth-order valence-corrected chi connectivity index (χ4v) is 4.15. The van der Waals surface area contributed by atoms with Crippen molar-refractivity contribution in [3.05, 3.63) is 0 Å². The van der Waals surface area contributed by atoms with Crippen molar-refractivity contribution in [3.63, 3.8) is 0 Å². The van der Waals surface area contributed by atoms with E-state index < -0.39 is 23.7 Å². The Labute approximate surface area is 129 Å². The van der Waals surface area contributed by atoms with Gasteiger partial charge < -0.3 is 5.32 Å². The van der Waals surface area contributed by atoms with Gasteiger partial charge in [-0.25, -0.2) is 17.6 Å². The summed E-state index contributed by atoms with van der Waals surface area (Å²) in [6.45, 7) is 5.13. The maximum Gasteiger partial charge on any atom is 0.257 e. The van der Waals surface area contributed by atoms with Gasteiger partial charge in [0.1, 0.15) is 0 Å². The van der Waals surface area contributed by atoms with Crippen molar-refractivity contribution in [2.75, 3.05) is 13.1 Å². The maximum atomic E-state index is 13.2. The Bertz CT molecular complexity index is 401. The Kier molecular flexibility index (Phi) is 4.21. The van der Waals surface area contributed by atoms with Gasteiger partial charge in [-0.2, -0.15) is 0 Å². The number of alkyl halides is 4. The number of nitrogens with zero attached hydrogens (tertiary/aromatic N) is 1. The third-order valence-electron chi connectivity index (χ3n) is 5.79. The minimum atomic E-state index is -2.51. The summed E-state index contributed by atoms with van der Waals surface area (Å²) in [6.07, 6.45) is 2.28.